The number of rotatable bonds is 10. The van der Waals surface area contributed by atoms with E-state index in [4.69, 9.17) is 5.11 Å². The van der Waals surface area contributed by atoms with Gasteiger partial charge >= 0.3 is 5.97 Å². The van der Waals surface area contributed by atoms with Crippen LogP contribution in [0.2, 0.25) is 0 Å². The van der Waals surface area contributed by atoms with Gasteiger partial charge in [0.1, 0.15) is 5.78 Å². The van der Waals surface area contributed by atoms with Crippen molar-refractivity contribution in [1.82, 2.24) is 0 Å². The van der Waals surface area contributed by atoms with Gasteiger partial charge in [0.05, 0.1) is 18.6 Å². The Balaban J connectivity index is 2.56. The molecule has 0 aromatic rings. The van der Waals surface area contributed by atoms with Crippen LogP contribution in [0.15, 0.2) is 24.3 Å². The predicted molar refractivity (Wildman–Crippen MR) is 87.9 cm³/mol. The molecule has 0 unspecified atom stereocenters. The second-order valence-corrected chi connectivity index (χ2v) is 6.18. The van der Waals surface area contributed by atoms with Gasteiger partial charge in [-0.2, -0.15) is 0 Å². The van der Waals surface area contributed by atoms with Crippen molar-refractivity contribution in [2.45, 2.75) is 64.1 Å². The van der Waals surface area contributed by atoms with Gasteiger partial charge in [-0.25, -0.2) is 0 Å². The number of aliphatic hydroxyl groups excluding tert-OH is 2. The number of hydrogen-bond donors (Lipinski definition) is 3. The number of carboxylic acids is 1. The number of carbonyl (C=O) groups is 2. The van der Waals surface area contributed by atoms with Crippen LogP contribution in [0.3, 0.4) is 0 Å². The quantitative estimate of drug-likeness (QED) is 0.424. The normalized spacial score (nSPS) is 26.4. The van der Waals surface area contributed by atoms with E-state index in [0.29, 0.717) is 12.8 Å². The molecule has 1 rings (SSSR count). The number of unbranched alkanes of at least 4 members (excludes halogenated alkanes) is 2. The van der Waals surface area contributed by atoms with Gasteiger partial charge in [-0.15, -0.1) is 0 Å². The first-order chi connectivity index (χ1) is 11.0. The number of carboxylic acid groups (broad SMARTS) is 1. The molecule has 0 aromatic carbocycles. The van der Waals surface area contributed by atoms with E-state index in [2.05, 4.69) is 6.92 Å². The number of allylic oxidation sites excluding steroid dienone is 2. The summed E-state index contributed by atoms with van der Waals surface area (Å²) in [6.45, 7) is 2.10. The van der Waals surface area contributed by atoms with Crippen molar-refractivity contribution in [3.63, 3.8) is 0 Å². The van der Waals surface area contributed by atoms with Crippen LogP contribution in [-0.4, -0.2) is 39.3 Å². The molecular formula is C18H28O5. The molecule has 0 aliphatic heterocycles. The van der Waals surface area contributed by atoms with E-state index in [0.717, 1.165) is 19.3 Å². The van der Waals surface area contributed by atoms with Gasteiger partial charge in [-0.1, -0.05) is 50.5 Å². The van der Waals surface area contributed by atoms with Gasteiger partial charge in [0.25, 0.3) is 0 Å². The Morgan fingerprint density at radius 2 is 2.09 bits per heavy atom. The zero-order chi connectivity index (χ0) is 17.2. The van der Waals surface area contributed by atoms with Gasteiger partial charge in [0.2, 0.25) is 0 Å². The average Bonchev–Trinajstić information content (AvgIpc) is 2.75. The second-order valence-electron chi connectivity index (χ2n) is 6.18. The summed E-state index contributed by atoms with van der Waals surface area (Å²) in [7, 11) is 0. The summed E-state index contributed by atoms with van der Waals surface area (Å²) < 4.78 is 0. The molecule has 0 amide bonds. The minimum Gasteiger partial charge on any atom is -0.481 e. The highest BCUT2D eigenvalue weighted by atomic mass is 16.4. The minimum absolute atomic E-state index is 0.0221. The molecular weight excluding hydrogens is 296 g/mol. The standard InChI is InChI=1S/C18H28O5/c1-2-3-4-7-13(19)10-11-15-14(16(20)12-17(15)21)8-5-6-9-18(22)23/h5-6,10-11,13-16,19-20H,2-4,7-9,12H2,1H3,(H,22,23)/b6-5-,11-10+/t13-,14+,15+,16-/m0/s1. The lowest BCUT2D eigenvalue weighted by Crippen LogP contribution is -2.19. The first-order valence-electron chi connectivity index (χ1n) is 8.39. The Labute approximate surface area is 137 Å². The van der Waals surface area contributed by atoms with Crippen molar-refractivity contribution >= 4 is 11.8 Å². The number of aliphatic hydroxyl groups is 2. The van der Waals surface area contributed by atoms with Crippen molar-refractivity contribution in [1.29, 1.82) is 0 Å². The zero-order valence-electron chi connectivity index (χ0n) is 13.7. The Morgan fingerprint density at radius 1 is 1.35 bits per heavy atom. The zero-order valence-corrected chi connectivity index (χ0v) is 13.7. The minimum atomic E-state index is -0.907. The third kappa shape index (κ3) is 7.10. The van der Waals surface area contributed by atoms with Crippen molar-refractivity contribution in [3.8, 4) is 0 Å². The number of Topliss-reactive ketones (excluding diaryl/α,β-unsaturated/α-hetero) is 1. The van der Waals surface area contributed by atoms with E-state index in [-0.39, 0.29) is 24.5 Å². The summed E-state index contributed by atoms with van der Waals surface area (Å²) in [6, 6.07) is 0. The maximum Gasteiger partial charge on any atom is 0.307 e. The molecule has 1 aliphatic carbocycles. The molecule has 0 spiro atoms. The maximum atomic E-state index is 12.0. The Hall–Kier alpha value is -1.46. The van der Waals surface area contributed by atoms with Crippen molar-refractivity contribution in [2.24, 2.45) is 11.8 Å². The Bertz CT molecular complexity index is 441. The summed E-state index contributed by atoms with van der Waals surface area (Å²) >= 11 is 0. The van der Waals surface area contributed by atoms with Gasteiger partial charge in [-0.05, 0) is 12.8 Å². The SMILES string of the molecule is CCCCC[C@H](O)/C=C/[C@H]1C(=O)C[C@H](O)[C@@H]1C/C=C\CC(=O)O. The molecule has 0 aromatic heterocycles. The van der Waals surface area contributed by atoms with E-state index < -0.39 is 24.1 Å². The van der Waals surface area contributed by atoms with E-state index in [9.17, 15) is 19.8 Å². The summed E-state index contributed by atoms with van der Waals surface area (Å²) in [4.78, 5) is 22.5. The molecule has 0 bridgehead atoms. The van der Waals surface area contributed by atoms with Crippen LogP contribution < -0.4 is 0 Å². The number of carbonyl (C=O) groups excluding carboxylic acids is 1. The molecule has 0 radical (unpaired) electrons. The lowest BCUT2D eigenvalue weighted by atomic mass is 9.90. The molecule has 0 saturated heterocycles. The van der Waals surface area contributed by atoms with Crippen LogP contribution in [0.4, 0.5) is 0 Å². The lowest BCUT2D eigenvalue weighted by Gasteiger charge is -2.17. The molecule has 3 N–H and O–H groups in total. The number of ketones is 1. The average molecular weight is 324 g/mol. The van der Waals surface area contributed by atoms with E-state index >= 15 is 0 Å². The smallest absolute Gasteiger partial charge is 0.307 e. The number of hydrogen-bond acceptors (Lipinski definition) is 4. The molecule has 1 fully saturated rings. The largest absolute Gasteiger partial charge is 0.481 e. The highest BCUT2D eigenvalue weighted by Crippen LogP contribution is 2.33. The van der Waals surface area contributed by atoms with Crippen LogP contribution >= 0.6 is 0 Å². The highest BCUT2D eigenvalue weighted by Gasteiger charge is 2.39. The summed E-state index contributed by atoms with van der Waals surface area (Å²) in [6.07, 6.45) is 9.66. The lowest BCUT2D eigenvalue weighted by molar-refractivity contribution is -0.136. The predicted octanol–water partition coefficient (Wildman–Crippen LogP) is 2.47. The fourth-order valence-electron chi connectivity index (χ4n) is 2.91. The fourth-order valence-corrected chi connectivity index (χ4v) is 2.91. The third-order valence-corrected chi connectivity index (χ3v) is 4.25. The summed E-state index contributed by atoms with van der Waals surface area (Å²) in [5.41, 5.74) is 0. The van der Waals surface area contributed by atoms with E-state index in [1.807, 2.05) is 0 Å². The molecule has 5 heteroatoms. The Morgan fingerprint density at radius 3 is 2.74 bits per heavy atom. The number of aliphatic carboxylic acids is 1. The molecule has 130 valence electrons. The van der Waals surface area contributed by atoms with E-state index in [1.54, 1.807) is 18.2 Å². The van der Waals surface area contributed by atoms with Gasteiger partial charge in [0.15, 0.2) is 0 Å². The Kier molecular flexibility index (Phi) is 8.81. The summed E-state index contributed by atoms with van der Waals surface area (Å²) in [5, 5.41) is 28.5. The first kappa shape index (κ1) is 19.6. The molecule has 5 nitrogen and oxygen atoms in total. The van der Waals surface area contributed by atoms with Crippen molar-refractivity contribution < 1.29 is 24.9 Å². The van der Waals surface area contributed by atoms with Gasteiger partial charge < -0.3 is 15.3 Å². The van der Waals surface area contributed by atoms with Crippen LogP contribution in [-0.2, 0) is 9.59 Å². The first-order valence-corrected chi connectivity index (χ1v) is 8.39. The van der Waals surface area contributed by atoms with Crippen LogP contribution in [0, 0.1) is 11.8 Å². The van der Waals surface area contributed by atoms with Gasteiger partial charge in [-0.3, -0.25) is 9.59 Å². The fraction of sp³-hybridized carbons (Fsp3) is 0.667. The topological polar surface area (TPSA) is 94.8 Å². The molecule has 23 heavy (non-hydrogen) atoms. The van der Waals surface area contributed by atoms with E-state index in [1.165, 1.54) is 6.08 Å². The van der Waals surface area contributed by atoms with Crippen LogP contribution in [0.1, 0.15) is 51.9 Å². The van der Waals surface area contributed by atoms with Crippen molar-refractivity contribution in [2.75, 3.05) is 0 Å². The third-order valence-electron chi connectivity index (χ3n) is 4.25. The molecule has 0 heterocycles. The molecule has 1 aliphatic rings. The van der Waals surface area contributed by atoms with Crippen LogP contribution in [0.25, 0.3) is 0 Å². The maximum absolute atomic E-state index is 12.0. The second kappa shape index (κ2) is 10.3. The monoisotopic (exact) mass is 324 g/mol. The van der Waals surface area contributed by atoms with Crippen LogP contribution in [0.5, 0.6) is 0 Å². The highest BCUT2D eigenvalue weighted by molar-refractivity contribution is 5.86. The van der Waals surface area contributed by atoms with Gasteiger partial charge in [0, 0.05) is 18.3 Å². The van der Waals surface area contributed by atoms with Crippen molar-refractivity contribution in [3.05, 3.63) is 24.3 Å². The summed E-state index contributed by atoms with van der Waals surface area (Å²) in [5.74, 6) is -1.57. The molecule has 4 atom stereocenters. The molecule has 1 saturated carbocycles.